The zero-order valence-corrected chi connectivity index (χ0v) is 10.6. The van der Waals surface area contributed by atoms with Crippen LogP contribution in [0.4, 0.5) is 0 Å². The van der Waals surface area contributed by atoms with E-state index in [2.05, 4.69) is 17.1 Å². The summed E-state index contributed by atoms with van der Waals surface area (Å²) in [5.41, 5.74) is 1.24. The van der Waals surface area contributed by atoms with Crippen molar-refractivity contribution in [1.82, 2.24) is 0 Å². The molecule has 4 nitrogen and oxygen atoms in total. The number of aliphatic imine (C=N–C) groups is 1. The average Bonchev–Trinajstić information content (AvgIpc) is 3.15. The fourth-order valence-corrected chi connectivity index (χ4v) is 2.35. The molecule has 0 amide bonds. The quantitative estimate of drug-likeness (QED) is 0.762. The van der Waals surface area contributed by atoms with Gasteiger partial charge in [0.25, 0.3) is 0 Å². The van der Waals surface area contributed by atoms with Gasteiger partial charge in [-0.1, -0.05) is 12.1 Å². The molecule has 3 atom stereocenters. The van der Waals surface area contributed by atoms with Crippen molar-refractivity contribution in [2.75, 3.05) is 13.7 Å². The van der Waals surface area contributed by atoms with Crippen molar-refractivity contribution in [3.63, 3.8) is 0 Å². The van der Waals surface area contributed by atoms with Crippen molar-refractivity contribution in [2.45, 2.75) is 31.6 Å². The van der Waals surface area contributed by atoms with Crippen LogP contribution in [0, 0.1) is 0 Å². The lowest BCUT2D eigenvalue weighted by atomic mass is 10.0. The number of nitrogens with zero attached hydrogens (tertiary/aromatic N) is 1. The molecule has 1 aromatic rings. The molecule has 4 heteroatoms. The number of methoxy groups -OCH3 is 1. The van der Waals surface area contributed by atoms with Crippen LogP contribution >= 0.6 is 0 Å². The third-order valence-corrected chi connectivity index (χ3v) is 3.36. The topological polar surface area (TPSA) is 43.4 Å². The van der Waals surface area contributed by atoms with E-state index in [1.54, 1.807) is 7.11 Å². The molecule has 18 heavy (non-hydrogen) atoms. The normalized spacial score (nSPS) is 29.7. The first-order valence-corrected chi connectivity index (χ1v) is 6.22. The second kappa shape index (κ2) is 4.61. The fourth-order valence-electron chi connectivity index (χ4n) is 2.35. The molecule has 0 radical (unpaired) electrons. The van der Waals surface area contributed by atoms with Crippen molar-refractivity contribution in [3.8, 4) is 5.75 Å². The Labute approximate surface area is 107 Å². The second-order valence-electron chi connectivity index (χ2n) is 4.72. The van der Waals surface area contributed by atoms with Crippen LogP contribution in [0.1, 0.15) is 12.5 Å². The molecule has 1 aromatic carbocycles. The molecule has 0 unspecified atom stereocenters. The summed E-state index contributed by atoms with van der Waals surface area (Å²) in [6, 6.07) is 8.28. The number of ether oxygens (including phenoxy) is 3. The standard InChI is InChI=1S/C14H17NO3/c1-9-15-12(14(18-9)13-8-17-13)7-10-3-5-11(16-2)6-4-10/h3-6,12-14H,7-8H2,1-2H3/t12-,13+,14+/m1/s1. The van der Waals surface area contributed by atoms with Crippen molar-refractivity contribution in [3.05, 3.63) is 29.8 Å². The number of rotatable bonds is 4. The molecule has 3 rings (SSSR count). The van der Waals surface area contributed by atoms with E-state index in [4.69, 9.17) is 14.2 Å². The Morgan fingerprint density at radius 1 is 1.33 bits per heavy atom. The maximum Gasteiger partial charge on any atom is 0.181 e. The number of benzene rings is 1. The van der Waals surface area contributed by atoms with E-state index in [9.17, 15) is 0 Å². The molecule has 0 spiro atoms. The van der Waals surface area contributed by atoms with E-state index in [0.29, 0.717) is 0 Å². The first-order valence-electron chi connectivity index (χ1n) is 6.22. The summed E-state index contributed by atoms with van der Waals surface area (Å²) in [6.07, 6.45) is 1.20. The molecule has 0 N–H and O–H groups in total. The first kappa shape index (κ1) is 11.5. The second-order valence-corrected chi connectivity index (χ2v) is 4.72. The van der Waals surface area contributed by atoms with E-state index < -0.39 is 0 Å². The van der Waals surface area contributed by atoms with Crippen LogP contribution < -0.4 is 4.74 Å². The predicted molar refractivity (Wildman–Crippen MR) is 68.2 cm³/mol. The smallest absolute Gasteiger partial charge is 0.181 e. The van der Waals surface area contributed by atoms with Gasteiger partial charge in [0.15, 0.2) is 12.0 Å². The van der Waals surface area contributed by atoms with Crippen molar-refractivity contribution in [2.24, 2.45) is 4.99 Å². The van der Waals surface area contributed by atoms with Gasteiger partial charge in [-0.2, -0.15) is 0 Å². The minimum atomic E-state index is 0.0899. The Morgan fingerprint density at radius 2 is 2.06 bits per heavy atom. The summed E-state index contributed by atoms with van der Waals surface area (Å²) >= 11 is 0. The Balaban J connectivity index is 1.70. The van der Waals surface area contributed by atoms with Gasteiger partial charge in [-0.15, -0.1) is 0 Å². The lowest BCUT2D eigenvalue weighted by Gasteiger charge is -2.15. The minimum Gasteiger partial charge on any atom is -0.497 e. The van der Waals surface area contributed by atoms with Gasteiger partial charge < -0.3 is 14.2 Å². The summed E-state index contributed by atoms with van der Waals surface area (Å²) < 4.78 is 16.2. The lowest BCUT2D eigenvalue weighted by Crippen LogP contribution is -2.29. The number of epoxide rings is 1. The summed E-state index contributed by atoms with van der Waals surface area (Å²) in [7, 11) is 1.67. The van der Waals surface area contributed by atoms with Crippen molar-refractivity contribution < 1.29 is 14.2 Å². The highest BCUT2D eigenvalue weighted by Crippen LogP contribution is 2.28. The SMILES string of the molecule is COc1ccc(C[C@H]2N=C(C)O[C@@H]2[C@@H]2CO2)cc1. The summed E-state index contributed by atoms with van der Waals surface area (Å²) in [5.74, 6) is 1.65. The van der Waals surface area contributed by atoms with Gasteiger partial charge in [-0.05, 0) is 24.1 Å². The number of hydrogen-bond acceptors (Lipinski definition) is 4. The van der Waals surface area contributed by atoms with Crippen LogP contribution in [0.5, 0.6) is 5.75 Å². The van der Waals surface area contributed by atoms with Crippen LogP contribution in [0.15, 0.2) is 29.3 Å². The van der Waals surface area contributed by atoms with Gasteiger partial charge in [0.1, 0.15) is 11.9 Å². The highest BCUT2D eigenvalue weighted by molar-refractivity contribution is 5.75. The van der Waals surface area contributed by atoms with Crippen molar-refractivity contribution >= 4 is 5.90 Å². The largest absolute Gasteiger partial charge is 0.497 e. The maximum absolute atomic E-state index is 5.72. The van der Waals surface area contributed by atoms with Crippen LogP contribution in [0.2, 0.25) is 0 Å². The molecule has 1 saturated heterocycles. The molecular weight excluding hydrogens is 230 g/mol. The highest BCUT2D eigenvalue weighted by Gasteiger charge is 2.43. The molecule has 2 aliphatic heterocycles. The van der Waals surface area contributed by atoms with Gasteiger partial charge >= 0.3 is 0 Å². The van der Waals surface area contributed by atoms with Crippen molar-refractivity contribution in [1.29, 1.82) is 0 Å². The third kappa shape index (κ3) is 2.34. The van der Waals surface area contributed by atoms with E-state index in [1.165, 1.54) is 5.56 Å². The number of hydrogen-bond donors (Lipinski definition) is 0. The maximum atomic E-state index is 5.72. The van der Waals surface area contributed by atoms with E-state index in [-0.39, 0.29) is 18.2 Å². The van der Waals surface area contributed by atoms with Gasteiger partial charge in [0, 0.05) is 6.92 Å². The highest BCUT2D eigenvalue weighted by atomic mass is 16.6. The van der Waals surface area contributed by atoms with Gasteiger partial charge in [0.05, 0.1) is 19.8 Å². The molecular formula is C14H17NO3. The monoisotopic (exact) mass is 247 g/mol. The third-order valence-electron chi connectivity index (χ3n) is 3.36. The van der Waals surface area contributed by atoms with Crippen LogP contribution in [0.3, 0.4) is 0 Å². The Kier molecular flexibility index (Phi) is 2.96. The Hall–Kier alpha value is -1.55. The molecule has 96 valence electrons. The van der Waals surface area contributed by atoms with E-state index >= 15 is 0 Å². The molecule has 0 aliphatic carbocycles. The molecule has 2 aliphatic rings. The zero-order chi connectivity index (χ0) is 12.5. The molecule has 1 fully saturated rings. The molecule has 0 bridgehead atoms. The van der Waals surface area contributed by atoms with Gasteiger partial charge in [-0.25, -0.2) is 4.99 Å². The summed E-state index contributed by atoms with van der Waals surface area (Å²) in [6.45, 7) is 2.70. The van der Waals surface area contributed by atoms with Gasteiger partial charge in [0.2, 0.25) is 0 Å². The summed E-state index contributed by atoms with van der Waals surface area (Å²) in [5, 5.41) is 0. The summed E-state index contributed by atoms with van der Waals surface area (Å²) in [4.78, 5) is 4.55. The van der Waals surface area contributed by atoms with E-state index in [1.807, 2.05) is 19.1 Å². The van der Waals surface area contributed by atoms with Crippen LogP contribution in [0.25, 0.3) is 0 Å². The van der Waals surface area contributed by atoms with Crippen LogP contribution in [-0.2, 0) is 15.9 Å². The molecule has 2 heterocycles. The zero-order valence-electron chi connectivity index (χ0n) is 10.6. The first-order chi connectivity index (χ1) is 8.76. The van der Waals surface area contributed by atoms with Crippen LogP contribution in [-0.4, -0.2) is 37.9 Å². The van der Waals surface area contributed by atoms with Gasteiger partial charge in [-0.3, -0.25) is 0 Å². The fraction of sp³-hybridized carbons (Fsp3) is 0.500. The lowest BCUT2D eigenvalue weighted by molar-refractivity contribution is 0.148. The Bertz CT molecular complexity index is 451. The minimum absolute atomic E-state index is 0.0899. The predicted octanol–water partition coefficient (Wildman–Crippen LogP) is 1.82. The Morgan fingerprint density at radius 3 is 2.67 bits per heavy atom. The average molecular weight is 247 g/mol. The molecule has 0 saturated carbocycles. The van der Waals surface area contributed by atoms with E-state index in [0.717, 1.165) is 24.7 Å². The molecule has 0 aromatic heterocycles.